The maximum Gasteiger partial charge on any atom is 0.327 e. The molecule has 0 radical (unpaired) electrons. The van der Waals surface area contributed by atoms with E-state index in [1.165, 1.54) is 9.80 Å². The highest BCUT2D eigenvalue weighted by atomic mass is 32.1. The first-order chi connectivity index (χ1) is 52.7. The molecule has 3 fully saturated rings. The van der Waals surface area contributed by atoms with E-state index in [-0.39, 0.29) is 112 Å². The number of aliphatic hydroxyl groups excluding tert-OH is 1. The average Bonchev–Trinajstić information content (AvgIpc) is 1.64. The van der Waals surface area contributed by atoms with Crippen molar-refractivity contribution in [2.45, 2.75) is 209 Å². The summed E-state index contributed by atoms with van der Waals surface area (Å²) in [5, 5.41) is 58.0. The number of hydrogen-bond acceptors (Lipinski definition) is 26. The van der Waals surface area contributed by atoms with Crippen LogP contribution in [0.3, 0.4) is 0 Å². The van der Waals surface area contributed by atoms with E-state index >= 15 is 0 Å². The van der Waals surface area contributed by atoms with Crippen LogP contribution in [0, 0.1) is 11.8 Å². The number of nitrogens with zero attached hydrogens (tertiary/aromatic N) is 4. The summed E-state index contributed by atoms with van der Waals surface area (Å²) < 4.78 is 0. The highest BCUT2D eigenvalue weighted by molar-refractivity contribution is 7.80. The molecule has 3 aliphatic heterocycles. The van der Waals surface area contributed by atoms with Crippen LogP contribution in [-0.4, -0.2) is 301 Å². The number of nitrogens with one attached hydrogen (secondary N) is 12. The number of likely N-dealkylation sites (tertiary alicyclic amines) is 3. The minimum Gasteiger partial charge on any atom is -0.481 e. The molecule has 628 valence electrons. The second-order valence-electron chi connectivity index (χ2n) is 27.3. The van der Waals surface area contributed by atoms with Crippen molar-refractivity contribution in [3.05, 3.63) is 0 Å². The van der Waals surface area contributed by atoms with E-state index in [0.717, 1.165) is 11.8 Å². The molecule has 0 unspecified atom stereocenters. The van der Waals surface area contributed by atoms with Crippen molar-refractivity contribution in [3.8, 4) is 0 Å². The number of carbonyl (C=O) groups excluding carboxylic acids is 17. The van der Waals surface area contributed by atoms with E-state index in [1.807, 2.05) is 0 Å². The molecule has 3 rings (SSSR count). The van der Waals surface area contributed by atoms with Crippen molar-refractivity contribution < 1.29 is 106 Å². The summed E-state index contributed by atoms with van der Waals surface area (Å²) in [6, 6.07) is -22.8. The fourth-order valence-electron chi connectivity index (χ4n) is 12.2. The lowest BCUT2D eigenvalue weighted by atomic mass is 9.97. The van der Waals surface area contributed by atoms with Gasteiger partial charge in [-0.25, -0.2) is 4.79 Å². The maximum atomic E-state index is 14.6. The number of rotatable bonds is 47. The molecule has 0 aliphatic carbocycles. The molecule has 112 heavy (non-hydrogen) atoms. The fraction of sp³-hybridized carbons (Fsp3) is 0.692. The molecule has 16 atom stereocenters. The lowest BCUT2D eigenvalue weighted by Gasteiger charge is -2.33. The number of aliphatic carboxylic acids is 2. The molecule has 0 aromatic rings. The predicted octanol–water partition coefficient (Wildman–Crippen LogP) is -10.1. The van der Waals surface area contributed by atoms with E-state index in [2.05, 4.69) is 119 Å². The third kappa shape index (κ3) is 30.2. The van der Waals surface area contributed by atoms with Gasteiger partial charge < -0.3 is 122 Å². The minimum absolute atomic E-state index is 0.00458. The lowest BCUT2D eigenvalue weighted by Crippen LogP contribution is -2.61. The van der Waals surface area contributed by atoms with Gasteiger partial charge in [0.1, 0.15) is 90.6 Å². The third-order valence-electron chi connectivity index (χ3n) is 18.3. The van der Waals surface area contributed by atoms with Crippen molar-refractivity contribution in [3.63, 3.8) is 0 Å². The van der Waals surface area contributed by atoms with Gasteiger partial charge in [0.2, 0.25) is 100 Å². The number of nitrogens with two attached hydrogens (primary N) is 5. The SMILES string of the molecule is CC[C@H](C)[C@H](NC(=O)[C@H](CS)NC(=O)[C@@H]1CCCN1C(=O)[C@@H]1CCCN1C(=O)[C@H](CCCN=C(N)N)NC(=O)[C@H](CO)NC(=O)[C@H](CS)NC(=O)[C@H](CS)NC(=O)CN)C(=O)N[C@@H](C)C(=O)N[C@@H](CC(N)=O)C(=O)N[C@@H](CC(N)=O)C(=O)N1CCC[C@H]1C(=O)N[C@@H](CC(=O)O)C(=O)N[C@@H](CC(C)C)C(=O)N[C@@H](CS)C(=O)O. The number of thiol groups is 4. The average molecular weight is 1660 g/mol. The molecule has 0 aromatic carbocycles. The monoisotopic (exact) mass is 1660 g/mol. The van der Waals surface area contributed by atoms with Crippen LogP contribution in [0.2, 0.25) is 0 Å². The predicted molar refractivity (Wildman–Crippen MR) is 411 cm³/mol. The largest absolute Gasteiger partial charge is 0.481 e. The molecule has 47 heteroatoms. The van der Waals surface area contributed by atoms with E-state index in [4.69, 9.17) is 28.7 Å². The smallest absolute Gasteiger partial charge is 0.327 e. The molecular weight excluding hydrogens is 1560 g/mol. The van der Waals surface area contributed by atoms with Crippen LogP contribution in [-0.2, 0) is 91.1 Å². The van der Waals surface area contributed by atoms with Crippen molar-refractivity contribution >= 4 is 169 Å². The molecule has 0 bridgehead atoms. The summed E-state index contributed by atoms with van der Waals surface area (Å²) in [4.78, 5) is 263. The lowest BCUT2D eigenvalue weighted by molar-refractivity contribution is -0.148. The molecule has 25 N–H and O–H groups in total. The van der Waals surface area contributed by atoms with Gasteiger partial charge in [0, 0.05) is 49.2 Å². The second-order valence-corrected chi connectivity index (χ2v) is 28.8. The van der Waals surface area contributed by atoms with E-state index in [0.29, 0.717) is 12.8 Å². The van der Waals surface area contributed by atoms with Crippen molar-refractivity contribution in [1.82, 2.24) is 78.5 Å². The first-order valence-corrected chi connectivity index (χ1v) is 38.6. The molecule has 0 saturated carbocycles. The van der Waals surface area contributed by atoms with Gasteiger partial charge in [-0.1, -0.05) is 34.1 Å². The third-order valence-corrected chi connectivity index (χ3v) is 19.7. The number of primary amides is 2. The van der Waals surface area contributed by atoms with Crippen molar-refractivity contribution in [2.75, 3.05) is 62.3 Å². The Labute approximate surface area is 667 Å². The maximum absolute atomic E-state index is 14.6. The highest BCUT2D eigenvalue weighted by Crippen LogP contribution is 2.27. The van der Waals surface area contributed by atoms with Crippen LogP contribution in [0.25, 0.3) is 0 Å². The highest BCUT2D eigenvalue weighted by Gasteiger charge is 2.46. The number of hydrogen-bond donors (Lipinski definition) is 24. The Bertz CT molecular complexity index is 3450. The van der Waals surface area contributed by atoms with E-state index in [1.54, 1.807) is 27.7 Å². The molecule has 3 saturated heterocycles. The first kappa shape index (κ1) is 96.7. The summed E-state index contributed by atoms with van der Waals surface area (Å²) in [6.07, 6.45) is -2.03. The Morgan fingerprint density at radius 3 is 1.36 bits per heavy atom. The Balaban J connectivity index is 1.78. The quantitative estimate of drug-likeness (QED) is 0.0116. The summed E-state index contributed by atoms with van der Waals surface area (Å²) in [7, 11) is 0. The summed E-state index contributed by atoms with van der Waals surface area (Å²) in [5.74, 6) is -22.3. The van der Waals surface area contributed by atoms with Gasteiger partial charge in [-0.2, -0.15) is 50.5 Å². The molecule has 43 nitrogen and oxygen atoms in total. The normalized spacial score (nSPS) is 18.7. The molecular formula is C65H107N21O22S4. The van der Waals surface area contributed by atoms with E-state index < -0.39 is 241 Å². The Hall–Kier alpha value is -9.48. The fourth-order valence-corrected chi connectivity index (χ4v) is 13.2. The summed E-state index contributed by atoms with van der Waals surface area (Å²) in [5.41, 5.74) is 27.3. The van der Waals surface area contributed by atoms with Crippen molar-refractivity contribution in [2.24, 2.45) is 45.5 Å². The van der Waals surface area contributed by atoms with Crippen LogP contribution in [0.1, 0.15) is 118 Å². The number of aliphatic imine (C=N–C) groups is 1. The van der Waals surface area contributed by atoms with Gasteiger partial charge in [-0.3, -0.25) is 91.3 Å². The Kier molecular flexibility index (Phi) is 41.3. The van der Waals surface area contributed by atoms with Gasteiger partial charge in [-0.15, -0.1) is 0 Å². The number of amides is 17. The second kappa shape index (κ2) is 47.8. The molecule has 0 spiro atoms. The zero-order chi connectivity index (χ0) is 84.5. The summed E-state index contributed by atoms with van der Waals surface area (Å²) in [6.45, 7) is 6.10. The van der Waals surface area contributed by atoms with Gasteiger partial charge in [-0.05, 0) is 76.5 Å². The number of aliphatic hydroxyl groups is 1. The number of carbonyl (C=O) groups is 19. The number of guanidine groups is 1. The van der Waals surface area contributed by atoms with Crippen LogP contribution in [0.4, 0.5) is 0 Å². The van der Waals surface area contributed by atoms with Crippen molar-refractivity contribution in [1.29, 1.82) is 0 Å². The number of carboxylic acid groups (broad SMARTS) is 2. The molecule has 0 aromatic heterocycles. The van der Waals surface area contributed by atoms with Crippen LogP contribution in [0.5, 0.6) is 0 Å². The zero-order valence-corrected chi connectivity index (χ0v) is 66.2. The summed E-state index contributed by atoms with van der Waals surface area (Å²) >= 11 is 16.4. The Morgan fingerprint density at radius 2 is 0.857 bits per heavy atom. The van der Waals surface area contributed by atoms with Crippen LogP contribution < -0.4 is 92.5 Å². The minimum atomic E-state index is -1.94. The molecule has 17 amide bonds. The molecule has 3 heterocycles. The zero-order valence-electron chi connectivity index (χ0n) is 62.6. The standard InChI is InChI=1S/C65H107N21O22S4/c1-6-30(4)49(60(103)72-31(5)50(93)75-34(20-45(67)88)52(95)78-36(21-46(68)89)62(105)84-16-8-12-42(84)58(101)77-35(22-48(91)92)53(96)76-33(19-29(2)3)51(94)82-41(28-112)64(107)108)83-57(100)40(27-111)81-59(102)43-13-9-17-85(43)63(106)44-14-10-18-86(44)61(104)32(11-7-15-71-65(69)70)74-54(97)37(24-87)79-56(99)39(26-110)80-55(98)38(25-109)73-47(90)23-66/h29-44,49,87,109-112H,6-28,66H2,1-5H3,(H2,67,88)(H2,68,89)(H,72,103)(H,73,90)(H,74,97)(H,75,93)(H,76,96)(H,77,101)(H,78,95)(H,79,99)(H,80,98)(H,81,102)(H,82,94)(H,83,100)(H,91,92)(H,107,108)(H4,69,70,71)/t30-,31-,32-,33-,34-,35-,36-,37-,38-,39-,40-,41-,42-,43-,44-,49-/m0/s1. The number of carboxylic acids is 2. The van der Waals surface area contributed by atoms with Crippen LogP contribution >= 0.6 is 50.5 Å². The topological polar surface area (TPSA) is 682 Å². The van der Waals surface area contributed by atoms with E-state index in [9.17, 15) is 106 Å². The first-order valence-electron chi connectivity index (χ1n) is 36.1. The van der Waals surface area contributed by atoms with Gasteiger partial charge in [0.15, 0.2) is 5.96 Å². The van der Waals surface area contributed by atoms with Gasteiger partial charge in [0.25, 0.3) is 0 Å². The Morgan fingerprint density at radius 1 is 0.455 bits per heavy atom. The molecule has 3 aliphatic rings. The van der Waals surface area contributed by atoms with Gasteiger partial charge in [0.05, 0.1) is 32.4 Å². The van der Waals surface area contributed by atoms with Crippen LogP contribution in [0.15, 0.2) is 4.99 Å². The van der Waals surface area contributed by atoms with Gasteiger partial charge >= 0.3 is 11.9 Å².